The molecule has 0 bridgehead atoms. The monoisotopic (exact) mass is 244 g/mol. The SMILES string of the molecule is FC1=CC(C(F)(F)F)(C(F)(F)F)C1(F)F. The van der Waals surface area contributed by atoms with Crippen LogP contribution < -0.4 is 0 Å². The van der Waals surface area contributed by atoms with E-state index in [1.165, 1.54) is 0 Å². The van der Waals surface area contributed by atoms with E-state index in [4.69, 9.17) is 0 Å². The summed E-state index contributed by atoms with van der Waals surface area (Å²) in [7, 11) is 0. The van der Waals surface area contributed by atoms with E-state index in [-0.39, 0.29) is 0 Å². The van der Waals surface area contributed by atoms with E-state index in [1.54, 1.807) is 0 Å². The standard InChI is InChI=1S/C6HF9/c7-2-1-3(4(2,8)9,5(10,11)12)6(13,14)15/h1H. The number of alkyl halides is 8. The Balaban J connectivity index is 3.40. The molecule has 9 heteroatoms. The van der Waals surface area contributed by atoms with Gasteiger partial charge in [0, 0.05) is 0 Å². The number of rotatable bonds is 0. The van der Waals surface area contributed by atoms with Gasteiger partial charge in [-0.2, -0.15) is 35.1 Å². The van der Waals surface area contributed by atoms with Crippen molar-refractivity contribution in [3.8, 4) is 0 Å². The van der Waals surface area contributed by atoms with Gasteiger partial charge >= 0.3 is 18.3 Å². The predicted octanol–water partition coefficient (Wildman–Crippen LogP) is 3.60. The minimum absolute atomic E-state index is 1.15. The predicted molar refractivity (Wildman–Crippen MR) is 28.7 cm³/mol. The Morgan fingerprint density at radius 1 is 0.867 bits per heavy atom. The van der Waals surface area contributed by atoms with E-state index >= 15 is 0 Å². The van der Waals surface area contributed by atoms with Gasteiger partial charge < -0.3 is 0 Å². The van der Waals surface area contributed by atoms with Crippen molar-refractivity contribution < 1.29 is 39.5 Å². The van der Waals surface area contributed by atoms with Crippen LogP contribution in [0.2, 0.25) is 0 Å². The van der Waals surface area contributed by atoms with Gasteiger partial charge in [0.05, 0.1) is 0 Å². The lowest BCUT2D eigenvalue weighted by Crippen LogP contribution is -2.65. The van der Waals surface area contributed by atoms with E-state index < -0.39 is 35.6 Å². The minimum atomic E-state index is -6.30. The average Bonchev–Trinajstić information content (AvgIpc) is 1.94. The molecule has 0 aliphatic heterocycles. The Hall–Kier alpha value is -0.890. The highest BCUT2D eigenvalue weighted by molar-refractivity contribution is 5.35. The quantitative estimate of drug-likeness (QED) is 0.571. The van der Waals surface area contributed by atoms with E-state index in [0.717, 1.165) is 0 Å². The zero-order valence-corrected chi connectivity index (χ0v) is 6.48. The van der Waals surface area contributed by atoms with Crippen molar-refractivity contribution in [1.29, 1.82) is 0 Å². The Morgan fingerprint density at radius 2 is 1.20 bits per heavy atom. The molecule has 0 saturated heterocycles. The second-order valence-corrected chi connectivity index (χ2v) is 2.87. The van der Waals surface area contributed by atoms with Crippen LogP contribution in [0.25, 0.3) is 0 Å². The molecule has 0 spiro atoms. The molecule has 1 aliphatic carbocycles. The van der Waals surface area contributed by atoms with Gasteiger partial charge in [-0.15, -0.1) is 0 Å². The van der Waals surface area contributed by atoms with Gasteiger partial charge in [-0.05, 0) is 6.08 Å². The lowest BCUT2D eigenvalue weighted by atomic mass is 9.70. The van der Waals surface area contributed by atoms with Crippen LogP contribution in [0.15, 0.2) is 11.9 Å². The molecule has 15 heavy (non-hydrogen) atoms. The molecule has 0 aromatic carbocycles. The van der Waals surface area contributed by atoms with Crippen LogP contribution in [0, 0.1) is 5.41 Å². The molecule has 0 N–H and O–H groups in total. The third kappa shape index (κ3) is 1.18. The van der Waals surface area contributed by atoms with Gasteiger partial charge in [-0.25, -0.2) is 4.39 Å². The first-order valence-corrected chi connectivity index (χ1v) is 3.28. The van der Waals surface area contributed by atoms with Gasteiger partial charge in [-0.3, -0.25) is 0 Å². The number of allylic oxidation sites excluding steroid dienone is 2. The Morgan fingerprint density at radius 3 is 1.27 bits per heavy atom. The van der Waals surface area contributed by atoms with Gasteiger partial charge in [0.2, 0.25) is 0 Å². The van der Waals surface area contributed by atoms with E-state index in [1.807, 2.05) is 0 Å². The molecule has 0 nitrogen and oxygen atoms in total. The second kappa shape index (κ2) is 2.62. The highest BCUT2D eigenvalue weighted by atomic mass is 19.4. The van der Waals surface area contributed by atoms with Gasteiger partial charge in [0.15, 0.2) is 5.83 Å². The summed E-state index contributed by atoms with van der Waals surface area (Å²) in [6.45, 7) is 0. The first kappa shape index (κ1) is 12.2. The summed E-state index contributed by atoms with van der Waals surface area (Å²) >= 11 is 0. The lowest BCUT2D eigenvalue weighted by Gasteiger charge is -2.45. The Labute approximate surface area is 76.4 Å². The molecular weight excluding hydrogens is 243 g/mol. The van der Waals surface area contributed by atoms with Crippen molar-refractivity contribution >= 4 is 0 Å². The fourth-order valence-corrected chi connectivity index (χ4v) is 1.16. The number of hydrogen-bond acceptors (Lipinski definition) is 0. The Bertz CT molecular complexity index is 290. The summed E-state index contributed by atoms with van der Waals surface area (Å²) in [5, 5.41) is 0. The van der Waals surface area contributed by atoms with Gasteiger partial charge in [0.25, 0.3) is 5.41 Å². The van der Waals surface area contributed by atoms with E-state index in [0.29, 0.717) is 0 Å². The minimum Gasteiger partial charge on any atom is -0.205 e. The van der Waals surface area contributed by atoms with Crippen LogP contribution in [-0.2, 0) is 0 Å². The maximum atomic E-state index is 12.4. The molecule has 0 amide bonds. The lowest BCUT2D eigenvalue weighted by molar-refractivity contribution is -0.387. The van der Waals surface area contributed by atoms with Crippen molar-refractivity contribution in [3.05, 3.63) is 11.9 Å². The molecule has 0 aromatic heterocycles. The maximum absolute atomic E-state index is 12.4. The van der Waals surface area contributed by atoms with E-state index in [9.17, 15) is 39.5 Å². The summed E-state index contributed by atoms with van der Waals surface area (Å²) in [4.78, 5) is 0. The summed E-state index contributed by atoms with van der Waals surface area (Å²) < 4.78 is 108. The number of hydrogen-bond donors (Lipinski definition) is 0. The summed E-state index contributed by atoms with van der Waals surface area (Å²) in [5.41, 5.74) is -5.41. The first-order valence-electron chi connectivity index (χ1n) is 3.28. The molecule has 0 unspecified atom stereocenters. The van der Waals surface area contributed by atoms with Crippen molar-refractivity contribution in [2.24, 2.45) is 5.41 Å². The van der Waals surface area contributed by atoms with Gasteiger partial charge in [0.1, 0.15) is 0 Å². The summed E-state index contributed by atoms with van der Waals surface area (Å²) in [5.74, 6) is -8.32. The molecular formula is C6HF9. The van der Waals surface area contributed by atoms with Crippen molar-refractivity contribution in [2.45, 2.75) is 18.3 Å². The second-order valence-electron chi connectivity index (χ2n) is 2.87. The van der Waals surface area contributed by atoms with Gasteiger partial charge in [-0.1, -0.05) is 0 Å². The molecule has 0 aromatic rings. The summed E-state index contributed by atoms with van der Waals surface area (Å²) in [6, 6.07) is 0. The molecule has 0 saturated carbocycles. The summed E-state index contributed by atoms with van der Waals surface area (Å²) in [6.07, 6.45) is -13.7. The van der Waals surface area contributed by atoms with E-state index in [2.05, 4.69) is 0 Å². The zero-order valence-electron chi connectivity index (χ0n) is 6.48. The van der Waals surface area contributed by atoms with Crippen LogP contribution in [0.1, 0.15) is 0 Å². The molecule has 0 fully saturated rings. The molecule has 0 radical (unpaired) electrons. The largest absolute Gasteiger partial charge is 0.413 e. The smallest absolute Gasteiger partial charge is 0.205 e. The molecule has 0 heterocycles. The molecule has 0 atom stereocenters. The highest BCUT2D eigenvalue weighted by Crippen LogP contribution is 2.67. The molecule has 1 aliphatic rings. The normalized spacial score (nSPS) is 24.5. The van der Waals surface area contributed by atoms with Crippen LogP contribution >= 0.6 is 0 Å². The number of halogens is 9. The van der Waals surface area contributed by atoms with Crippen molar-refractivity contribution in [1.82, 2.24) is 0 Å². The molecule has 1 rings (SSSR count). The zero-order chi connectivity index (χ0) is 12.3. The van der Waals surface area contributed by atoms with Crippen LogP contribution in [0.3, 0.4) is 0 Å². The van der Waals surface area contributed by atoms with Crippen molar-refractivity contribution in [2.75, 3.05) is 0 Å². The van der Waals surface area contributed by atoms with Crippen molar-refractivity contribution in [3.63, 3.8) is 0 Å². The fraction of sp³-hybridized carbons (Fsp3) is 0.667. The average molecular weight is 244 g/mol. The highest BCUT2D eigenvalue weighted by Gasteiger charge is 2.87. The third-order valence-electron chi connectivity index (χ3n) is 2.03. The topological polar surface area (TPSA) is 0 Å². The third-order valence-corrected chi connectivity index (χ3v) is 2.03. The van der Waals surface area contributed by atoms with Crippen LogP contribution in [0.4, 0.5) is 39.5 Å². The molecule has 88 valence electrons. The van der Waals surface area contributed by atoms with Crippen LogP contribution in [-0.4, -0.2) is 18.3 Å². The fourth-order valence-electron chi connectivity index (χ4n) is 1.16. The maximum Gasteiger partial charge on any atom is 0.413 e. The van der Waals surface area contributed by atoms with Crippen LogP contribution in [0.5, 0.6) is 0 Å². The first-order chi connectivity index (χ1) is 6.38. The Kier molecular flexibility index (Phi) is 2.12.